The van der Waals surface area contributed by atoms with Crippen molar-refractivity contribution in [3.8, 4) is 11.5 Å². The minimum atomic E-state index is -0.389. The number of para-hydroxylation sites is 3. The van der Waals surface area contributed by atoms with E-state index in [9.17, 15) is 9.18 Å². The Morgan fingerprint density at radius 2 is 1.84 bits per heavy atom. The van der Waals surface area contributed by atoms with Crippen LogP contribution in [0.3, 0.4) is 0 Å². The van der Waals surface area contributed by atoms with Crippen LogP contribution in [0.5, 0.6) is 11.5 Å². The Morgan fingerprint density at radius 1 is 1.06 bits per heavy atom. The number of fused-ring (bicyclic) bond motifs is 2. The van der Waals surface area contributed by atoms with E-state index < -0.39 is 0 Å². The molecule has 32 heavy (non-hydrogen) atoms. The molecule has 0 bridgehead atoms. The molecule has 4 aromatic rings. The van der Waals surface area contributed by atoms with Crippen LogP contribution in [-0.4, -0.2) is 22.3 Å². The van der Waals surface area contributed by atoms with E-state index in [0.717, 1.165) is 0 Å². The van der Waals surface area contributed by atoms with Crippen LogP contribution in [0.1, 0.15) is 5.56 Å². The summed E-state index contributed by atoms with van der Waals surface area (Å²) < 4.78 is 27.7. The van der Waals surface area contributed by atoms with E-state index in [2.05, 4.69) is 4.98 Å². The highest BCUT2D eigenvalue weighted by molar-refractivity contribution is 7.98. The van der Waals surface area contributed by atoms with Gasteiger partial charge < -0.3 is 9.47 Å². The molecule has 0 radical (unpaired) electrons. The van der Waals surface area contributed by atoms with Crippen molar-refractivity contribution in [1.82, 2.24) is 9.55 Å². The normalized spacial score (nSPS) is 15.1. The third-order valence-electron chi connectivity index (χ3n) is 5.19. The van der Waals surface area contributed by atoms with Gasteiger partial charge >= 0.3 is 0 Å². The third-order valence-corrected chi connectivity index (χ3v) is 6.54. The molecule has 0 fully saturated rings. The maximum absolute atomic E-state index is 14.3. The Morgan fingerprint density at radius 3 is 2.69 bits per heavy atom. The summed E-state index contributed by atoms with van der Waals surface area (Å²) >= 11 is 7.45. The highest BCUT2D eigenvalue weighted by Crippen LogP contribution is 2.32. The molecular weight excluding hydrogens is 451 g/mol. The zero-order chi connectivity index (χ0) is 22.1. The molecule has 1 aliphatic rings. The number of rotatable bonds is 5. The van der Waals surface area contributed by atoms with E-state index in [1.54, 1.807) is 34.9 Å². The second-order valence-electron chi connectivity index (χ2n) is 7.31. The molecule has 1 aromatic heterocycles. The second kappa shape index (κ2) is 8.84. The first kappa shape index (κ1) is 20.8. The van der Waals surface area contributed by atoms with Crippen molar-refractivity contribution in [2.24, 2.45) is 0 Å². The van der Waals surface area contributed by atoms with Crippen molar-refractivity contribution in [1.29, 1.82) is 0 Å². The number of hydrogen-bond acceptors (Lipinski definition) is 5. The van der Waals surface area contributed by atoms with E-state index in [-0.39, 0.29) is 29.8 Å². The van der Waals surface area contributed by atoms with Crippen molar-refractivity contribution in [3.63, 3.8) is 0 Å². The molecule has 1 atom stereocenters. The van der Waals surface area contributed by atoms with Crippen molar-refractivity contribution >= 4 is 34.3 Å². The lowest BCUT2D eigenvalue weighted by atomic mass is 10.2. The van der Waals surface area contributed by atoms with Gasteiger partial charge in [-0.15, -0.1) is 0 Å². The van der Waals surface area contributed by atoms with Gasteiger partial charge in [-0.2, -0.15) is 0 Å². The quantitative estimate of drug-likeness (QED) is 0.293. The fourth-order valence-corrected chi connectivity index (χ4v) is 4.93. The van der Waals surface area contributed by atoms with Crippen LogP contribution < -0.4 is 15.0 Å². The summed E-state index contributed by atoms with van der Waals surface area (Å²) in [5, 5.41) is 1.32. The summed E-state index contributed by atoms with van der Waals surface area (Å²) in [5.41, 5.74) is 0.779. The van der Waals surface area contributed by atoms with Gasteiger partial charge in [0, 0.05) is 16.3 Å². The number of hydrogen-bond donors (Lipinski definition) is 0. The minimum absolute atomic E-state index is 0.180. The summed E-state index contributed by atoms with van der Waals surface area (Å²) in [6.07, 6.45) is -0.373. The number of nitrogens with zero attached hydrogens (tertiary/aromatic N) is 2. The average molecular weight is 469 g/mol. The van der Waals surface area contributed by atoms with Gasteiger partial charge in [-0.05, 0) is 36.4 Å². The molecule has 0 saturated carbocycles. The third kappa shape index (κ3) is 4.06. The van der Waals surface area contributed by atoms with Crippen molar-refractivity contribution < 1.29 is 13.9 Å². The van der Waals surface area contributed by atoms with Gasteiger partial charge in [0.25, 0.3) is 5.56 Å². The lowest BCUT2D eigenvalue weighted by Crippen LogP contribution is -2.37. The van der Waals surface area contributed by atoms with Gasteiger partial charge in [-0.1, -0.05) is 53.7 Å². The van der Waals surface area contributed by atoms with Gasteiger partial charge in [0.15, 0.2) is 22.8 Å². The summed E-state index contributed by atoms with van der Waals surface area (Å²) in [6, 6.07) is 19.2. The molecule has 0 aliphatic carbocycles. The smallest absolute Gasteiger partial charge is 0.262 e. The predicted molar refractivity (Wildman–Crippen MR) is 123 cm³/mol. The Hall–Kier alpha value is -3.03. The standard InChI is InChI=1S/C24H18ClFN2O3S/c25-18-7-5-8-19(26)17(18)14-32-24-27-20-9-2-1-6-16(20)23(29)28(24)12-15-13-30-21-10-3-4-11-22(21)31-15/h1-11,15H,12-14H2. The van der Waals surface area contributed by atoms with E-state index in [1.165, 1.54) is 17.8 Å². The lowest BCUT2D eigenvalue weighted by molar-refractivity contribution is 0.0757. The van der Waals surface area contributed by atoms with Crippen LogP contribution in [-0.2, 0) is 12.3 Å². The Labute approximate surface area is 192 Å². The maximum Gasteiger partial charge on any atom is 0.262 e. The molecule has 1 unspecified atom stereocenters. The number of aromatic nitrogens is 2. The van der Waals surface area contributed by atoms with Gasteiger partial charge in [0.1, 0.15) is 12.4 Å². The fourth-order valence-electron chi connectivity index (χ4n) is 3.58. The first-order valence-corrected chi connectivity index (χ1v) is 11.4. The van der Waals surface area contributed by atoms with Crippen LogP contribution in [0.2, 0.25) is 5.02 Å². The van der Waals surface area contributed by atoms with Crippen molar-refractivity contribution in [2.75, 3.05) is 6.61 Å². The van der Waals surface area contributed by atoms with Crippen LogP contribution >= 0.6 is 23.4 Å². The lowest BCUT2D eigenvalue weighted by Gasteiger charge is -2.27. The first-order valence-electron chi connectivity index (χ1n) is 10.0. The second-order valence-corrected chi connectivity index (χ2v) is 8.66. The SMILES string of the molecule is O=c1c2ccccc2nc(SCc2c(F)cccc2Cl)n1CC1COc2ccccc2O1. The van der Waals surface area contributed by atoms with E-state index >= 15 is 0 Å². The summed E-state index contributed by atoms with van der Waals surface area (Å²) in [4.78, 5) is 18.0. The number of benzene rings is 3. The topological polar surface area (TPSA) is 53.4 Å². The monoisotopic (exact) mass is 468 g/mol. The highest BCUT2D eigenvalue weighted by Gasteiger charge is 2.24. The summed E-state index contributed by atoms with van der Waals surface area (Å²) in [7, 11) is 0. The molecule has 2 heterocycles. The molecule has 8 heteroatoms. The van der Waals surface area contributed by atoms with Crippen LogP contribution in [0.15, 0.2) is 76.7 Å². The summed E-state index contributed by atoms with van der Waals surface area (Å²) in [6.45, 7) is 0.553. The Balaban J connectivity index is 1.49. The van der Waals surface area contributed by atoms with Gasteiger partial charge in [0.2, 0.25) is 0 Å². The minimum Gasteiger partial charge on any atom is -0.486 e. The Kier molecular flexibility index (Phi) is 5.76. The largest absolute Gasteiger partial charge is 0.486 e. The Bertz CT molecular complexity index is 1340. The zero-order valence-electron chi connectivity index (χ0n) is 16.8. The van der Waals surface area contributed by atoms with Gasteiger partial charge in [-0.25, -0.2) is 9.37 Å². The molecule has 0 amide bonds. The molecule has 0 N–H and O–H groups in total. The van der Waals surface area contributed by atoms with Crippen molar-refractivity contribution in [3.05, 3.63) is 93.5 Å². The molecule has 0 saturated heterocycles. The van der Waals surface area contributed by atoms with Gasteiger partial charge in [-0.3, -0.25) is 9.36 Å². The molecule has 162 valence electrons. The maximum atomic E-state index is 14.3. The number of thioether (sulfide) groups is 1. The predicted octanol–water partition coefficient (Wildman–Crippen LogP) is 5.32. The number of halogens is 2. The molecule has 5 nitrogen and oxygen atoms in total. The fraction of sp³-hybridized carbons (Fsp3) is 0.167. The highest BCUT2D eigenvalue weighted by atomic mass is 35.5. The van der Waals surface area contributed by atoms with Crippen LogP contribution in [0.25, 0.3) is 10.9 Å². The first-order chi connectivity index (χ1) is 15.6. The molecule has 5 rings (SSSR count). The van der Waals surface area contributed by atoms with Gasteiger partial charge in [0.05, 0.1) is 17.4 Å². The molecular formula is C24H18ClFN2O3S. The zero-order valence-corrected chi connectivity index (χ0v) is 18.4. The molecule has 3 aromatic carbocycles. The van der Waals surface area contributed by atoms with E-state index in [0.29, 0.717) is 44.8 Å². The number of ether oxygens (including phenoxy) is 2. The molecule has 1 aliphatic heterocycles. The van der Waals surface area contributed by atoms with Crippen molar-refractivity contribution in [2.45, 2.75) is 23.6 Å². The van der Waals surface area contributed by atoms with E-state index in [1.807, 2.05) is 30.3 Å². The average Bonchev–Trinajstić information content (AvgIpc) is 2.81. The summed E-state index contributed by atoms with van der Waals surface area (Å²) in [5.74, 6) is 1.16. The van der Waals surface area contributed by atoms with E-state index in [4.69, 9.17) is 21.1 Å². The van der Waals surface area contributed by atoms with Crippen LogP contribution in [0, 0.1) is 5.82 Å². The van der Waals surface area contributed by atoms with Crippen LogP contribution in [0.4, 0.5) is 4.39 Å². The molecule has 0 spiro atoms.